The minimum Gasteiger partial charge on any atom is -0.497 e. The zero-order valence-corrected chi connectivity index (χ0v) is 13.5. The second kappa shape index (κ2) is 5.67. The number of nitrogens with zero attached hydrogens (tertiary/aromatic N) is 1. The maximum Gasteiger partial charge on any atom is 0.252 e. The molecule has 1 aromatic carbocycles. The lowest BCUT2D eigenvalue weighted by molar-refractivity contribution is 0.0949. The molecule has 0 bridgehead atoms. The molecule has 5 heteroatoms. The van der Waals surface area contributed by atoms with Crippen LogP contribution in [0.2, 0.25) is 0 Å². The van der Waals surface area contributed by atoms with Gasteiger partial charge in [-0.25, -0.2) is 0 Å². The van der Waals surface area contributed by atoms with E-state index in [4.69, 9.17) is 4.74 Å². The van der Waals surface area contributed by atoms with Crippen LogP contribution in [0.15, 0.2) is 48.9 Å². The molecule has 0 aliphatic heterocycles. The van der Waals surface area contributed by atoms with Gasteiger partial charge >= 0.3 is 0 Å². The quantitative estimate of drug-likeness (QED) is 0.759. The molecule has 1 fully saturated rings. The van der Waals surface area contributed by atoms with Crippen molar-refractivity contribution in [2.45, 2.75) is 18.3 Å². The largest absolute Gasteiger partial charge is 0.497 e. The maximum absolute atomic E-state index is 12.3. The van der Waals surface area contributed by atoms with E-state index in [-0.39, 0.29) is 11.3 Å². The Morgan fingerprint density at radius 2 is 2.25 bits per heavy atom. The molecule has 2 heterocycles. The third-order valence-corrected chi connectivity index (χ3v) is 4.82. The molecule has 1 aliphatic rings. The number of fused-ring (bicyclic) bond motifs is 1. The van der Waals surface area contributed by atoms with Crippen molar-refractivity contribution in [3.05, 3.63) is 60.0 Å². The number of hydrogen-bond donors (Lipinski definition) is 2. The number of ether oxygens (including phenoxy) is 1. The van der Waals surface area contributed by atoms with Gasteiger partial charge in [0.1, 0.15) is 5.75 Å². The number of carbonyl (C=O) groups is 1. The molecule has 0 unspecified atom stereocenters. The maximum atomic E-state index is 12.3. The smallest absolute Gasteiger partial charge is 0.252 e. The highest BCUT2D eigenvalue weighted by Gasteiger charge is 2.45. The van der Waals surface area contributed by atoms with Gasteiger partial charge in [0.05, 0.1) is 12.7 Å². The normalized spacial score (nSPS) is 15.2. The van der Waals surface area contributed by atoms with Crippen LogP contribution in [-0.2, 0) is 5.41 Å². The van der Waals surface area contributed by atoms with Gasteiger partial charge in [0.2, 0.25) is 0 Å². The number of pyridine rings is 1. The van der Waals surface area contributed by atoms with Crippen molar-refractivity contribution in [2.75, 3.05) is 13.7 Å². The number of aromatic nitrogens is 2. The SMILES string of the molecule is COc1ccc2[nH]cc(C3(CNC(=O)c4cccnc4)CC3)c2c1. The zero-order chi connectivity index (χ0) is 16.6. The van der Waals surface area contributed by atoms with E-state index in [0.29, 0.717) is 12.1 Å². The van der Waals surface area contributed by atoms with Crippen LogP contribution in [-0.4, -0.2) is 29.5 Å². The Morgan fingerprint density at radius 1 is 1.38 bits per heavy atom. The first kappa shape index (κ1) is 14.8. The van der Waals surface area contributed by atoms with Crippen molar-refractivity contribution in [3.8, 4) is 5.75 Å². The molecule has 1 aliphatic carbocycles. The number of benzene rings is 1. The number of amides is 1. The molecule has 0 atom stereocenters. The van der Waals surface area contributed by atoms with Gasteiger partial charge in [-0.05, 0) is 48.7 Å². The topological polar surface area (TPSA) is 67.0 Å². The summed E-state index contributed by atoms with van der Waals surface area (Å²) in [6.45, 7) is 0.630. The highest BCUT2D eigenvalue weighted by Crippen LogP contribution is 2.50. The molecule has 0 radical (unpaired) electrons. The van der Waals surface area contributed by atoms with Crippen LogP contribution in [0.25, 0.3) is 10.9 Å². The first-order valence-corrected chi connectivity index (χ1v) is 8.06. The first-order chi connectivity index (χ1) is 11.7. The van der Waals surface area contributed by atoms with Crippen LogP contribution in [0.5, 0.6) is 5.75 Å². The lowest BCUT2D eigenvalue weighted by atomic mass is 9.95. The Kier molecular flexibility index (Phi) is 3.49. The lowest BCUT2D eigenvalue weighted by Gasteiger charge is -2.16. The van der Waals surface area contributed by atoms with Crippen LogP contribution in [0, 0.1) is 0 Å². The Balaban J connectivity index is 1.57. The zero-order valence-electron chi connectivity index (χ0n) is 13.5. The first-order valence-electron chi connectivity index (χ1n) is 8.06. The second-order valence-corrected chi connectivity index (χ2v) is 6.32. The second-order valence-electron chi connectivity index (χ2n) is 6.32. The van der Waals surface area contributed by atoms with Crippen molar-refractivity contribution in [1.29, 1.82) is 0 Å². The summed E-state index contributed by atoms with van der Waals surface area (Å²) in [5.41, 5.74) is 2.95. The van der Waals surface area contributed by atoms with E-state index >= 15 is 0 Å². The summed E-state index contributed by atoms with van der Waals surface area (Å²) < 4.78 is 5.35. The molecule has 1 amide bonds. The van der Waals surface area contributed by atoms with Crippen molar-refractivity contribution in [2.24, 2.45) is 0 Å². The Morgan fingerprint density at radius 3 is 2.96 bits per heavy atom. The Bertz CT molecular complexity index is 882. The average Bonchev–Trinajstić information content (AvgIpc) is 3.30. The van der Waals surface area contributed by atoms with Crippen LogP contribution in [0.1, 0.15) is 28.8 Å². The van der Waals surface area contributed by atoms with Gasteiger partial charge in [-0.1, -0.05) is 0 Å². The van der Waals surface area contributed by atoms with E-state index in [2.05, 4.69) is 27.5 Å². The molecule has 2 N–H and O–H groups in total. The highest BCUT2D eigenvalue weighted by atomic mass is 16.5. The highest BCUT2D eigenvalue weighted by molar-refractivity contribution is 5.94. The summed E-state index contributed by atoms with van der Waals surface area (Å²) in [5, 5.41) is 4.23. The monoisotopic (exact) mass is 321 g/mol. The summed E-state index contributed by atoms with van der Waals surface area (Å²) in [6.07, 6.45) is 7.46. The summed E-state index contributed by atoms with van der Waals surface area (Å²) in [7, 11) is 1.68. The molecule has 2 aromatic heterocycles. The summed E-state index contributed by atoms with van der Waals surface area (Å²) in [4.78, 5) is 19.6. The van der Waals surface area contributed by atoms with Gasteiger partial charge in [-0.15, -0.1) is 0 Å². The van der Waals surface area contributed by atoms with Crippen LogP contribution >= 0.6 is 0 Å². The van der Waals surface area contributed by atoms with E-state index in [1.165, 1.54) is 10.9 Å². The fourth-order valence-corrected chi connectivity index (χ4v) is 3.21. The summed E-state index contributed by atoms with van der Waals surface area (Å²) >= 11 is 0. The van der Waals surface area contributed by atoms with E-state index in [9.17, 15) is 4.79 Å². The molecule has 1 saturated carbocycles. The Hall–Kier alpha value is -2.82. The summed E-state index contributed by atoms with van der Waals surface area (Å²) in [5.74, 6) is 0.769. The molecular weight excluding hydrogens is 302 g/mol. The molecule has 5 nitrogen and oxygen atoms in total. The van der Waals surface area contributed by atoms with Crippen LogP contribution in [0.3, 0.4) is 0 Å². The van der Waals surface area contributed by atoms with E-state index in [1.807, 2.05) is 12.1 Å². The van der Waals surface area contributed by atoms with Gasteiger partial charge in [0, 0.05) is 41.5 Å². The lowest BCUT2D eigenvalue weighted by Crippen LogP contribution is -2.32. The third-order valence-electron chi connectivity index (χ3n) is 4.82. The number of rotatable bonds is 5. The number of H-pyrrole nitrogens is 1. The Labute approximate surface area is 140 Å². The standard InChI is InChI=1S/C19H19N3O2/c1-24-14-4-5-17-15(9-14)16(11-21-17)19(6-7-19)12-22-18(23)13-3-2-8-20-10-13/h2-5,8-11,21H,6-7,12H2,1H3,(H,22,23). The minimum atomic E-state index is -0.0770. The third kappa shape index (κ3) is 2.52. The fourth-order valence-electron chi connectivity index (χ4n) is 3.21. The van der Waals surface area contributed by atoms with Gasteiger partial charge in [-0.3, -0.25) is 9.78 Å². The van der Waals surface area contributed by atoms with Crippen LogP contribution < -0.4 is 10.1 Å². The van der Waals surface area contributed by atoms with Crippen molar-refractivity contribution in [1.82, 2.24) is 15.3 Å². The summed E-state index contributed by atoms with van der Waals surface area (Å²) in [6, 6.07) is 9.59. The van der Waals surface area contributed by atoms with E-state index < -0.39 is 0 Å². The van der Waals surface area contributed by atoms with Crippen molar-refractivity contribution in [3.63, 3.8) is 0 Å². The van der Waals surface area contributed by atoms with Crippen molar-refractivity contribution < 1.29 is 9.53 Å². The average molecular weight is 321 g/mol. The molecule has 24 heavy (non-hydrogen) atoms. The fraction of sp³-hybridized carbons (Fsp3) is 0.263. The molecule has 4 rings (SSSR count). The predicted octanol–water partition coefficient (Wildman–Crippen LogP) is 3.03. The molecular formula is C19H19N3O2. The van der Waals surface area contributed by atoms with Gasteiger partial charge in [-0.2, -0.15) is 0 Å². The van der Waals surface area contributed by atoms with Crippen LogP contribution in [0.4, 0.5) is 0 Å². The van der Waals surface area contributed by atoms with E-state index in [0.717, 1.165) is 24.1 Å². The number of carbonyl (C=O) groups excluding carboxylic acids is 1. The number of aromatic amines is 1. The predicted molar refractivity (Wildman–Crippen MR) is 92.3 cm³/mol. The number of nitrogens with one attached hydrogen (secondary N) is 2. The minimum absolute atomic E-state index is 0.0164. The molecule has 3 aromatic rings. The molecule has 0 saturated heterocycles. The van der Waals surface area contributed by atoms with Gasteiger partial charge < -0.3 is 15.0 Å². The van der Waals surface area contributed by atoms with Gasteiger partial charge in [0.25, 0.3) is 5.91 Å². The van der Waals surface area contributed by atoms with Crippen molar-refractivity contribution >= 4 is 16.8 Å². The van der Waals surface area contributed by atoms with Gasteiger partial charge in [0.15, 0.2) is 0 Å². The van der Waals surface area contributed by atoms with E-state index in [1.54, 1.807) is 31.6 Å². The number of methoxy groups -OCH3 is 1. The molecule has 0 spiro atoms. The number of hydrogen-bond acceptors (Lipinski definition) is 3. The molecule has 122 valence electrons.